The van der Waals surface area contributed by atoms with Gasteiger partial charge in [0, 0.05) is 15.5 Å². The molecule has 0 saturated heterocycles. The van der Waals surface area contributed by atoms with Crippen LogP contribution in [0.4, 0.5) is 5.69 Å². The second kappa shape index (κ2) is 7.69. The van der Waals surface area contributed by atoms with E-state index in [1.165, 1.54) is 6.07 Å². The number of fused-ring (bicyclic) bond motifs is 2. The highest BCUT2D eigenvalue weighted by atomic mass is 127. The summed E-state index contributed by atoms with van der Waals surface area (Å²) in [4.78, 5) is 13.4. The minimum Gasteiger partial charge on any atom is -0.506 e. The number of halogens is 1. The molecular formula is C21H20IN3O4S. The lowest BCUT2D eigenvalue weighted by Gasteiger charge is -2.21. The van der Waals surface area contributed by atoms with Crippen molar-refractivity contribution in [3.05, 3.63) is 62.0 Å². The number of aromatic hydroxyl groups is 1. The zero-order chi connectivity index (χ0) is 21.6. The molecule has 0 fully saturated rings. The van der Waals surface area contributed by atoms with Gasteiger partial charge in [-0.1, -0.05) is 26.0 Å². The van der Waals surface area contributed by atoms with Crippen LogP contribution < -0.4 is 10.9 Å². The fourth-order valence-corrected chi connectivity index (χ4v) is 5.07. The smallest absolute Gasteiger partial charge is 0.286 e. The normalized spacial score (nSPS) is 15.0. The van der Waals surface area contributed by atoms with Crippen molar-refractivity contribution >= 4 is 55.0 Å². The summed E-state index contributed by atoms with van der Waals surface area (Å²) in [6, 6.07) is 11.8. The van der Waals surface area contributed by atoms with E-state index in [4.69, 9.17) is 0 Å². The third-order valence-corrected chi connectivity index (χ3v) is 7.00. The van der Waals surface area contributed by atoms with Crippen molar-refractivity contribution in [2.45, 2.75) is 31.7 Å². The van der Waals surface area contributed by atoms with E-state index < -0.39 is 15.6 Å². The molecule has 7 nitrogen and oxygen atoms in total. The van der Waals surface area contributed by atoms with E-state index in [0.29, 0.717) is 29.1 Å². The Morgan fingerprint density at radius 2 is 1.93 bits per heavy atom. The molecule has 0 spiro atoms. The molecule has 0 atom stereocenters. The summed E-state index contributed by atoms with van der Waals surface area (Å²) in [6.45, 7) is 4.57. The summed E-state index contributed by atoms with van der Waals surface area (Å²) in [5, 5.41) is 14.4. The lowest BCUT2D eigenvalue weighted by atomic mass is 10.1. The van der Waals surface area contributed by atoms with Crippen molar-refractivity contribution in [1.29, 1.82) is 0 Å². The number of sulfonamides is 1. The van der Waals surface area contributed by atoms with Crippen LogP contribution in [0.25, 0.3) is 10.9 Å². The number of nitrogens with one attached hydrogen (secondary N) is 1. The maximum absolute atomic E-state index is 13.4. The number of anilines is 1. The number of hydrogen-bond acceptors (Lipinski definition) is 5. The first-order chi connectivity index (χ1) is 14.2. The van der Waals surface area contributed by atoms with Gasteiger partial charge < -0.3 is 15.0 Å². The Kier molecular flexibility index (Phi) is 5.35. The molecule has 9 heteroatoms. The molecule has 156 valence electrons. The van der Waals surface area contributed by atoms with Gasteiger partial charge >= 0.3 is 0 Å². The second-order valence-corrected chi connectivity index (χ2v) is 10.4. The topological polar surface area (TPSA) is 101 Å². The van der Waals surface area contributed by atoms with Crippen LogP contribution in [-0.4, -0.2) is 23.9 Å². The Morgan fingerprint density at radius 1 is 1.20 bits per heavy atom. The van der Waals surface area contributed by atoms with Crippen LogP contribution >= 0.6 is 22.6 Å². The van der Waals surface area contributed by atoms with Crippen LogP contribution in [0.15, 0.2) is 56.6 Å². The van der Waals surface area contributed by atoms with E-state index in [9.17, 15) is 18.3 Å². The predicted molar refractivity (Wildman–Crippen MR) is 126 cm³/mol. The molecule has 2 heterocycles. The van der Waals surface area contributed by atoms with E-state index in [-0.39, 0.29) is 22.0 Å². The Balaban J connectivity index is 2.00. The molecule has 30 heavy (non-hydrogen) atoms. The highest BCUT2D eigenvalue weighted by Gasteiger charge is 2.29. The second-order valence-electron chi connectivity index (χ2n) is 7.56. The standard InChI is InChI=1S/C21H20IN3O4S/c1-12(2)9-10-25-16-8-7-13(22)11-14(16)19(26)18(21(25)27)20-23-15-5-3-4-6-17(15)30(28,29)24-20/h3-8,11-12,26H,9-10H2,1-2H3,(H,23,24). The third kappa shape index (κ3) is 3.60. The van der Waals surface area contributed by atoms with Crippen LogP contribution in [0, 0.1) is 9.49 Å². The Hall–Kier alpha value is -2.40. The summed E-state index contributed by atoms with van der Waals surface area (Å²) >= 11 is 2.13. The van der Waals surface area contributed by atoms with Crippen LogP contribution in [0.2, 0.25) is 0 Å². The predicted octanol–water partition coefficient (Wildman–Crippen LogP) is 3.92. The van der Waals surface area contributed by atoms with Crippen molar-refractivity contribution in [2.75, 3.05) is 5.32 Å². The molecule has 0 saturated carbocycles. The van der Waals surface area contributed by atoms with Gasteiger partial charge in [0.05, 0.1) is 11.2 Å². The Morgan fingerprint density at radius 3 is 2.67 bits per heavy atom. The number of amidine groups is 1. The van der Waals surface area contributed by atoms with Crippen LogP contribution in [0.3, 0.4) is 0 Å². The quantitative estimate of drug-likeness (QED) is 0.492. The van der Waals surface area contributed by atoms with Gasteiger partial charge in [-0.15, -0.1) is 4.40 Å². The van der Waals surface area contributed by atoms with Crippen LogP contribution in [-0.2, 0) is 16.6 Å². The third-order valence-electron chi connectivity index (χ3n) is 5.00. The summed E-state index contributed by atoms with van der Waals surface area (Å²) in [5.74, 6) is -0.0872. The van der Waals surface area contributed by atoms with Gasteiger partial charge in [-0.3, -0.25) is 4.79 Å². The zero-order valence-electron chi connectivity index (χ0n) is 16.4. The van der Waals surface area contributed by atoms with E-state index >= 15 is 0 Å². The summed E-state index contributed by atoms with van der Waals surface area (Å²) in [5.41, 5.74) is 0.286. The van der Waals surface area contributed by atoms with Gasteiger partial charge in [-0.05, 0) is 65.3 Å². The number of nitrogens with zero attached hydrogens (tertiary/aromatic N) is 2. The molecule has 0 aliphatic carbocycles. The largest absolute Gasteiger partial charge is 0.506 e. The first-order valence-electron chi connectivity index (χ1n) is 9.45. The first kappa shape index (κ1) is 20.9. The fourth-order valence-electron chi connectivity index (χ4n) is 3.46. The fraction of sp³-hybridized carbons (Fsp3) is 0.238. The molecule has 1 aliphatic rings. The number of aryl methyl sites for hydroxylation is 1. The molecule has 0 unspecified atom stereocenters. The molecule has 2 aromatic carbocycles. The number of para-hydroxylation sites is 1. The minimum atomic E-state index is -4.01. The van der Waals surface area contributed by atoms with E-state index in [1.54, 1.807) is 34.9 Å². The molecule has 0 amide bonds. The first-order valence-corrected chi connectivity index (χ1v) is 12.0. The lowest BCUT2D eigenvalue weighted by molar-refractivity contribution is 0.474. The van der Waals surface area contributed by atoms with Crippen molar-refractivity contribution in [3.8, 4) is 5.75 Å². The van der Waals surface area contributed by atoms with Gasteiger partial charge in [0.25, 0.3) is 15.6 Å². The molecule has 4 rings (SSSR count). The summed E-state index contributed by atoms with van der Waals surface area (Å²) in [6.07, 6.45) is 0.756. The van der Waals surface area contributed by atoms with Crippen molar-refractivity contribution < 1.29 is 13.5 Å². The lowest BCUT2D eigenvalue weighted by Crippen LogP contribution is -2.33. The molecule has 0 bridgehead atoms. The average Bonchev–Trinajstić information content (AvgIpc) is 2.67. The Bertz CT molecular complexity index is 1360. The summed E-state index contributed by atoms with van der Waals surface area (Å²) < 4.78 is 31.6. The van der Waals surface area contributed by atoms with Crippen molar-refractivity contribution in [3.63, 3.8) is 0 Å². The highest BCUT2D eigenvalue weighted by Crippen LogP contribution is 2.33. The number of benzene rings is 2. The SMILES string of the molecule is CC(C)CCn1c(=O)c(C2=NS(=O)(=O)c3ccccc3N2)c(O)c2cc(I)ccc21. The maximum Gasteiger partial charge on any atom is 0.286 e. The number of pyridine rings is 1. The monoisotopic (exact) mass is 537 g/mol. The molecule has 3 aromatic rings. The van der Waals surface area contributed by atoms with Crippen LogP contribution in [0.1, 0.15) is 25.8 Å². The van der Waals surface area contributed by atoms with Gasteiger partial charge in [0.2, 0.25) is 0 Å². The van der Waals surface area contributed by atoms with Gasteiger partial charge in [0.1, 0.15) is 16.2 Å². The minimum absolute atomic E-state index is 0.0312. The molecule has 0 radical (unpaired) electrons. The van der Waals surface area contributed by atoms with Gasteiger partial charge in [0.15, 0.2) is 5.84 Å². The van der Waals surface area contributed by atoms with Gasteiger partial charge in [-0.2, -0.15) is 8.42 Å². The van der Waals surface area contributed by atoms with E-state index in [2.05, 4.69) is 46.2 Å². The van der Waals surface area contributed by atoms with Crippen LogP contribution in [0.5, 0.6) is 5.75 Å². The number of aromatic nitrogens is 1. The molecular weight excluding hydrogens is 517 g/mol. The van der Waals surface area contributed by atoms with E-state index in [1.807, 2.05) is 6.07 Å². The molecule has 1 aliphatic heterocycles. The molecule has 2 N–H and O–H groups in total. The maximum atomic E-state index is 13.4. The molecule has 1 aromatic heterocycles. The van der Waals surface area contributed by atoms with Gasteiger partial charge in [-0.25, -0.2) is 0 Å². The van der Waals surface area contributed by atoms with E-state index in [0.717, 1.165) is 9.99 Å². The number of hydrogen-bond donors (Lipinski definition) is 2. The zero-order valence-corrected chi connectivity index (χ0v) is 19.4. The van der Waals surface area contributed by atoms with Crippen molar-refractivity contribution in [2.24, 2.45) is 10.3 Å². The summed E-state index contributed by atoms with van der Waals surface area (Å²) in [7, 11) is -4.01. The number of rotatable bonds is 4. The Labute approximate surface area is 187 Å². The highest BCUT2D eigenvalue weighted by molar-refractivity contribution is 14.1. The van der Waals surface area contributed by atoms with Crippen molar-refractivity contribution in [1.82, 2.24) is 4.57 Å². The average molecular weight is 537 g/mol.